The van der Waals surface area contributed by atoms with E-state index in [4.69, 9.17) is 4.74 Å². The summed E-state index contributed by atoms with van der Waals surface area (Å²) in [4.78, 5) is 0. The molecule has 0 amide bonds. The van der Waals surface area contributed by atoms with Crippen molar-refractivity contribution in [2.45, 2.75) is 6.04 Å². The third kappa shape index (κ3) is 2.67. The van der Waals surface area contributed by atoms with Gasteiger partial charge in [-0.1, -0.05) is 45.3 Å². The van der Waals surface area contributed by atoms with Crippen molar-refractivity contribution in [3.8, 4) is 5.75 Å². The molecule has 4 rings (SSSR count). The van der Waals surface area contributed by atoms with Gasteiger partial charge >= 0.3 is 0 Å². The molecule has 24 heavy (non-hydrogen) atoms. The first kappa shape index (κ1) is 14.9. The van der Waals surface area contributed by atoms with Crippen molar-refractivity contribution in [2.75, 3.05) is 12.4 Å². The van der Waals surface area contributed by atoms with Gasteiger partial charge in [-0.15, -0.1) is 0 Å². The lowest BCUT2D eigenvalue weighted by molar-refractivity contribution is 0.413. The van der Waals surface area contributed by atoms with E-state index < -0.39 is 0 Å². The average Bonchev–Trinajstić information content (AvgIpc) is 3.10. The fraction of sp³-hybridized carbons (Fsp3) is 0.118. The molecule has 3 aromatic rings. The van der Waals surface area contributed by atoms with Gasteiger partial charge in [0.1, 0.15) is 11.8 Å². The van der Waals surface area contributed by atoms with Gasteiger partial charge in [0.2, 0.25) is 5.95 Å². The Morgan fingerprint density at radius 3 is 2.79 bits per heavy atom. The van der Waals surface area contributed by atoms with Gasteiger partial charge < -0.3 is 10.1 Å². The third-order valence-electron chi connectivity index (χ3n) is 3.92. The molecule has 0 fully saturated rings. The molecular weight excluding hydrogens is 370 g/mol. The van der Waals surface area contributed by atoms with Gasteiger partial charge in [0, 0.05) is 10.2 Å². The lowest BCUT2D eigenvalue weighted by Gasteiger charge is -2.23. The lowest BCUT2D eigenvalue weighted by Crippen LogP contribution is -2.20. The molecule has 6 nitrogen and oxygen atoms in total. The number of benzene rings is 2. The van der Waals surface area contributed by atoms with Crippen LogP contribution in [0.25, 0.3) is 5.70 Å². The second-order valence-electron chi connectivity index (χ2n) is 5.38. The molecule has 1 aliphatic rings. The molecule has 2 heterocycles. The van der Waals surface area contributed by atoms with Gasteiger partial charge in [-0.25, -0.2) is 0 Å². The Morgan fingerprint density at radius 1 is 1.17 bits per heavy atom. The molecule has 0 saturated carbocycles. The molecule has 1 atom stereocenters. The molecule has 0 spiro atoms. The molecule has 2 aromatic carbocycles. The van der Waals surface area contributed by atoms with Crippen LogP contribution < -0.4 is 10.1 Å². The number of tetrazole rings is 1. The van der Waals surface area contributed by atoms with Crippen LogP contribution in [0.1, 0.15) is 17.2 Å². The van der Waals surface area contributed by atoms with E-state index >= 15 is 0 Å². The Bertz CT molecular complexity index is 903. The zero-order valence-corrected chi connectivity index (χ0v) is 14.4. The van der Waals surface area contributed by atoms with E-state index in [1.165, 1.54) is 0 Å². The number of nitrogens with one attached hydrogen (secondary N) is 1. The summed E-state index contributed by atoms with van der Waals surface area (Å²) in [5.41, 5.74) is 3.09. The van der Waals surface area contributed by atoms with Crippen LogP contribution in [0.2, 0.25) is 0 Å². The minimum Gasteiger partial charge on any atom is -0.497 e. The molecule has 7 heteroatoms. The van der Waals surface area contributed by atoms with E-state index in [1.54, 1.807) is 11.8 Å². The number of halogens is 1. The topological polar surface area (TPSA) is 64.9 Å². The summed E-state index contributed by atoms with van der Waals surface area (Å²) >= 11 is 3.46. The summed E-state index contributed by atoms with van der Waals surface area (Å²) in [7, 11) is 1.66. The predicted molar refractivity (Wildman–Crippen MR) is 94.7 cm³/mol. The van der Waals surface area contributed by atoms with E-state index in [0.29, 0.717) is 5.95 Å². The van der Waals surface area contributed by atoms with Crippen molar-refractivity contribution in [3.05, 3.63) is 70.2 Å². The number of hydrogen-bond acceptors (Lipinski definition) is 5. The fourth-order valence-electron chi connectivity index (χ4n) is 2.71. The number of fused-ring (bicyclic) bond motifs is 1. The predicted octanol–water partition coefficient (Wildman–Crippen LogP) is 3.50. The van der Waals surface area contributed by atoms with Gasteiger partial charge in [0.25, 0.3) is 0 Å². The molecule has 0 unspecified atom stereocenters. The summed E-state index contributed by atoms with van der Waals surface area (Å²) in [5, 5.41) is 15.3. The largest absolute Gasteiger partial charge is 0.497 e. The number of allylic oxidation sites excluding steroid dienone is 1. The number of hydrogen-bond donors (Lipinski definition) is 1. The zero-order valence-electron chi connectivity index (χ0n) is 12.8. The Labute approximate surface area is 147 Å². The maximum Gasteiger partial charge on any atom is 0.248 e. The summed E-state index contributed by atoms with van der Waals surface area (Å²) < 4.78 is 8.14. The third-order valence-corrected chi connectivity index (χ3v) is 4.45. The average molecular weight is 384 g/mol. The van der Waals surface area contributed by atoms with Gasteiger partial charge in [0.15, 0.2) is 0 Å². The van der Waals surface area contributed by atoms with E-state index in [1.807, 2.05) is 48.5 Å². The number of methoxy groups -OCH3 is 1. The van der Waals surface area contributed by atoms with Gasteiger partial charge in [-0.3, -0.25) is 0 Å². The lowest BCUT2D eigenvalue weighted by atomic mass is 10.0. The van der Waals surface area contributed by atoms with Crippen LogP contribution in [0, 0.1) is 0 Å². The van der Waals surface area contributed by atoms with Crippen molar-refractivity contribution >= 4 is 27.6 Å². The number of anilines is 1. The molecule has 1 N–H and O–H groups in total. The molecule has 0 bridgehead atoms. The summed E-state index contributed by atoms with van der Waals surface area (Å²) in [6, 6.07) is 15.9. The fourth-order valence-corrected chi connectivity index (χ4v) is 2.98. The van der Waals surface area contributed by atoms with Crippen LogP contribution in [-0.4, -0.2) is 27.3 Å². The van der Waals surface area contributed by atoms with Crippen molar-refractivity contribution in [2.24, 2.45) is 0 Å². The van der Waals surface area contributed by atoms with Crippen LogP contribution in [-0.2, 0) is 0 Å². The number of rotatable bonds is 3. The first-order chi connectivity index (χ1) is 11.7. The van der Waals surface area contributed by atoms with Crippen molar-refractivity contribution in [3.63, 3.8) is 0 Å². The van der Waals surface area contributed by atoms with Crippen molar-refractivity contribution < 1.29 is 4.74 Å². The van der Waals surface area contributed by atoms with E-state index in [-0.39, 0.29) is 6.04 Å². The summed E-state index contributed by atoms with van der Waals surface area (Å²) in [6.45, 7) is 0. The highest BCUT2D eigenvalue weighted by Crippen LogP contribution is 2.33. The van der Waals surface area contributed by atoms with E-state index in [9.17, 15) is 0 Å². The minimum absolute atomic E-state index is 0.106. The van der Waals surface area contributed by atoms with Crippen molar-refractivity contribution in [1.82, 2.24) is 20.2 Å². The van der Waals surface area contributed by atoms with Crippen LogP contribution in [0.4, 0.5) is 5.95 Å². The SMILES string of the molecule is COc1cccc([C@@H]2C=C(c3ccc(Br)cc3)Nc3nnnn32)c1. The highest BCUT2D eigenvalue weighted by molar-refractivity contribution is 9.10. The minimum atomic E-state index is -0.106. The highest BCUT2D eigenvalue weighted by atomic mass is 79.9. The highest BCUT2D eigenvalue weighted by Gasteiger charge is 2.24. The van der Waals surface area contributed by atoms with Gasteiger partial charge in [-0.2, -0.15) is 4.68 Å². The standard InChI is InChI=1S/C17H14BrN5O/c1-24-14-4-2-3-12(9-14)16-10-15(11-5-7-13(18)8-6-11)19-17-20-21-22-23(16)17/h2-10,16H,1H3,(H,19,20,22)/t16-/m0/s1. The normalized spacial score (nSPS) is 16.1. The van der Waals surface area contributed by atoms with Crippen molar-refractivity contribution in [1.29, 1.82) is 0 Å². The summed E-state index contributed by atoms with van der Waals surface area (Å²) in [6.07, 6.45) is 2.11. The Morgan fingerprint density at radius 2 is 2.00 bits per heavy atom. The molecule has 1 aliphatic heterocycles. The second kappa shape index (κ2) is 6.09. The number of aromatic nitrogens is 4. The molecule has 0 saturated heterocycles. The monoisotopic (exact) mass is 383 g/mol. The van der Waals surface area contributed by atoms with Crippen LogP contribution in [0.15, 0.2) is 59.1 Å². The zero-order chi connectivity index (χ0) is 16.5. The Balaban J connectivity index is 1.80. The second-order valence-corrected chi connectivity index (χ2v) is 6.30. The first-order valence-electron chi connectivity index (χ1n) is 7.41. The number of nitrogens with zero attached hydrogens (tertiary/aromatic N) is 4. The first-order valence-corrected chi connectivity index (χ1v) is 8.20. The molecule has 0 radical (unpaired) electrons. The molecular formula is C17H14BrN5O. The van der Waals surface area contributed by atoms with Gasteiger partial charge in [0.05, 0.1) is 7.11 Å². The smallest absolute Gasteiger partial charge is 0.248 e. The van der Waals surface area contributed by atoms with Crippen LogP contribution in [0.5, 0.6) is 5.75 Å². The Kier molecular flexibility index (Phi) is 3.78. The van der Waals surface area contributed by atoms with Gasteiger partial charge in [-0.05, 0) is 51.9 Å². The van der Waals surface area contributed by atoms with Crippen LogP contribution >= 0.6 is 15.9 Å². The maximum absolute atomic E-state index is 5.34. The summed E-state index contributed by atoms with van der Waals surface area (Å²) in [5.74, 6) is 1.42. The molecule has 120 valence electrons. The maximum atomic E-state index is 5.34. The Hall–Kier alpha value is -2.67. The quantitative estimate of drug-likeness (QED) is 0.749. The molecule has 1 aromatic heterocycles. The van der Waals surface area contributed by atoms with Crippen LogP contribution in [0.3, 0.4) is 0 Å². The number of ether oxygens (including phenoxy) is 1. The van der Waals surface area contributed by atoms with E-state index in [0.717, 1.165) is 27.0 Å². The molecule has 0 aliphatic carbocycles. The van der Waals surface area contributed by atoms with E-state index in [2.05, 4.69) is 42.8 Å².